The fourth-order valence-corrected chi connectivity index (χ4v) is 4.26. The van der Waals surface area contributed by atoms with Crippen molar-refractivity contribution in [2.45, 2.75) is 65.9 Å². The van der Waals surface area contributed by atoms with E-state index in [9.17, 15) is 4.79 Å². The van der Waals surface area contributed by atoms with Crippen LogP contribution in [0.1, 0.15) is 41.0 Å². The molecule has 0 saturated carbocycles. The standard InChI is InChI=1S/C16H31NO3Si/c1-15(2,3)11(10-20-21(6)7)13-12-8-9-19-16(4,5)17(12)14(13)18/h11-13,21H,8-10H2,1-7H3. The largest absolute Gasteiger partial charge is 0.420 e. The van der Waals surface area contributed by atoms with Crippen LogP contribution in [0.15, 0.2) is 0 Å². The Morgan fingerprint density at radius 3 is 2.57 bits per heavy atom. The van der Waals surface area contributed by atoms with Crippen molar-refractivity contribution in [3.8, 4) is 0 Å². The molecule has 0 aromatic heterocycles. The number of carbonyl (C=O) groups is 1. The minimum absolute atomic E-state index is 0.0815. The van der Waals surface area contributed by atoms with Crippen LogP contribution in [-0.4, -0.2) is 44.8 Å². The van der Waals surface area contributed by atoms with Crippen molar-refractivity contribution in [1.29, 1.82) is 0 Å². The second-order valence-electron chi connectivity index (χ2n) is 8.24. The monoisotopic (exact) mass is 313 g/mol. The Labute approximate surface area is 130 Å². The fraction of sp³-hybridized carbons (Fsp3) is 0.938. The van der Waals surface area contributed by atoms with Gasteiger partial charge in [-0.25, -0.2) is 0 Å². The maximum Gasteiger partial charge on any atom is 0.230 e. The van der Waals surface area contributed by atoms with E-state index in [0.717, 1.165) is 19.6 Å². The van der Waals surface area contributed by atoms with Crippen LogP contribution in [0.2, 0.25) is 13.1 Å². The van der Waals surface area contributed by atoms with Crippen molar-refractivity contribution >= 4 is 14.9 Å². The van der Waals surface area contributed by atoms with Crippen LogP contribution in [0.5, 0.6) is 0 Å². The molecule has 5 heteroatoms. The molecular formula is C16H31NO3Si. The molecule has 4 nitrogen and oxygen atoms in total. The lowest BCUT2D eigenvalue weighted by Crippen LogP contribution is -2.73. The third-order valence-corrected chi connectivity index (χ3v) is 5.73. The Bertz CT molecular complexity index is 403. The third-order valence-electron chi connectivity index (χ3n) is 4.87. The normalized spacial score (nSPS) is 30.1. The summed E-state index contributed by atoms with van der Waals surface area (Å²) in [7, 11) is -1.06. The molecule has 3 unspecified atom stereocenters. The molecule has 0 spiro atoms. The molecule has 2 rings (SSSR count). The molecule has 2 saturated heterocycles. The fourth-order valence-electron chi connectivity index (χ4n) is 3.67. The number of rotatable bonds is 4. The van der Waals surface area contributed by atoms with Crippen LogP contribution < -0.4 is 0 Å². The molecule has 2 aliphatic heterocycles. The second kappa shape index (κ2) is 5.67. The molecule has 0 aromatic carbocycles. The molecule has 0 N–H and O–H groups in total. The van der Waals surface area contributed by atoms with Crippen LogP contribution in [0.4, 0.5) is 0 Å². The summed E-state index contributed by atoms with van der Waals surface area (Å²) in [6, 6.07) is 0.322. The van der Waals surface area contributed by atoms with Crippen LogP contribution in [0.3, 0.4) is 0 Å². The van der Waals surface area contributed by atoms with Crippen LogP contribution in [-0.2, 0) is 14.0 Å². The van der Waals surface area contributed by atoms with Gasteiger partial charge in [-0.2, -0.15) is 0 Å². The molecule has 2 aliphatic rings. The van der Waals surface area contributed by atoms with Crippen molar-refractivity contribution in [3.05, 3.63) is 0 Å². The zero-order valence-electron chi connectivity index (χ0n) is 14.6. The van der Waals surface area contributed by atoms with Crippen molar-refractivity contribution in [1.82, 2.24) is 4.90 Å². The number of amides is 1. The Morgan fingerprint density at radius 2 is 2.05 bits per heavy atom. The van der Waals surface area contributed by atoms with Gasteiger partial charge in [0.25, 0.3) is 0 Å². The molecule has 21 heavy (non-hydrogen) atoms. The number of ether oxygens (including phenoxy) is 1. The highest BCUT2D eigenvalue weighted by atomic mass is 28.3. The molecule has 0 radical (unpaired) electrons. The van der Waals surface area contributed by atoms with E-state index in [2.05, 4.69) is 33.9 Å². The predicted molar refractivity (Wildman–Crippen MR) is 86.5 cm³/mol. The van der Waals surface area contributed by atoms with Gasteiger partial charge in [-0.3, -0.25) is 4.79 Å². The molecule has 0 aromatic rings. The average Bonchev–Trinajstić information content (AvgIpc) is 2.30. The van der Waals surface area contributed by atoms with E-state index in [1.807, 2.05) is 18.7 Å². The molecule has 1 amide bonds. The number of carbonyl (C=O) groups excluding carboxylic acids is 1. The lowest BCUT2D eigenvalue weighted by atomic mass is 9.65. The summed E-state index contributed by atoms with van der Waals surface area (Å²) in [5.74, 6) is 0.634. The summed E-state index contributed by atoms with van der Waals surface area (Å²) in [5, 5.41) is 0. The summed E-state index contributed by atoms with van der Waals surface area (Å²) < 4.78 is 11.8. The van der Waals surface area contributed by atoms with E-state index >= 15 is 0 Å². The first-order valence-electron chi connectivity index (χ1n) is 8.14. The van der Waals surface area contributed by atoms with Crippen LogP contribution in [0, 0.1) is 17.3 Å². The first-order chi connectivity index (χ1) is 9.55. The number of hydrogen-bond donors (Lipinski definition) is 0. The SMILES string of the molecule is C[SiH](C)OCC(C1C(=O)N2C1CCOC2(C)C)C(C)(C)C. The Balaban J connectivity index is 2.16. The number of nitrogens with zero attached hydrogens (tertiary/aromatic N) is 1. The van der Waals surface area contributed by atoms with Crippen LogP contribution in [0.25, 0.3) is 0 Å². The van der Waals surface area contributed by atoms with E-state index in [4.69, 9.17) is 9.16 Å². The lowest BCUT2D eigenvalue weighted by Gasteiger charge is -2.60. The molecule has 0 bridgehead atoms. The molecule has 0 aliphatic carbocycles. The maximum atomic E-state index is 12.7. The van der Waals surface area contributed by atoms with Gasteiger partial charge in [-0.1, -0.05) is 20.8 Å². The summed E-state index contributed by atoms with van der Waals surface area (Å²) >= 11 is 0. The number of hydrogen-bond acceptors (Lipinski definition) is 3. The van der Waals surface area contributed by atoms with Gasteiger partial charge in [-0.15, -0.1) is 0 Å². The van der Waals surface area contributed by atoms with Crippen LogP contribution >= 0.6 is 0 Å². The lowest BCUT2D eigenvalue weighted by molar-refractivity contribution is -0.242. The minimum Gasteiger partial charge on any atom is -0.420 e. The van der Waals surface area contributed by atoms with Gasteiger partial charge in [0.15, 0.2) is 9.04 Å². The van der Waals surface area contributed by atoms with Crippen molar-refractivity contribution in [3.63, 3.8) is 0 Å². The first-order valence-corrected chi connectivity index (χ1v) is 10.9. The first kappa shape index (κ1) is 17.0. The Morgan fingerprint density at radius 1 is 1.43 bits per heavy atom. The van der Waals surface area contributed by atoms with Gasteiger partial charge < -0.3 is 14.1 Å². The van der Waals surface area contributed by atoms with Gasteiger partial charge >= 0.3 is 0 Å². The van der Waals surface area contributed by atoms with Gasteiger partial charge in [0.05, 0.1) is 12.5 Å². The smallest absolute Gasteiger partial charge is 0.230 e. The topological polar surface area (TPSA) is 38.8 Å². The van der Waals surface area contributed by atoms with Crippen molar-refractivity contribution in [2.75, 3.05) is 13.2 Å². The third kappa shape index (κ3) is 3.20. The van der Waals surface area contributed by atoms with Crippen molar-refractivity contribution in [2.24, 2.45) is 17.3 Å². The maximum absolute atomic E-state index is 12.7. The summed E-state index contributed by atoms with van der Waals surface area (Å²) in [6.07, 6.45) is 0.950. The quantitative estimate of drug-likeness (QED) is 0.591. The van der Waals surface area contributed by atoms with Gasteiger partial charge in [0.2, 0.25) is 5.91 Å². The average molecular weight is 314 g/mol. The molecule has 2 fully saturated rings. The second-order valence-corrected chi connectivity index (χ2v) is 10.7. The van der Waals surface area contributed by atoms with E-state index < -0.39 is 14.8 Å². The van der Waals surface area contributed by atoms with Crippen molar-refractivity contribution < 1.29 is 14.0 Å². The van der Waals surface area contributed by atoms with Gasteiger partial charge in [0.1, 0.15) is 5.72 Å². The number of fused-ring (bicyclic) bond motifs is 1. The van der Waals surface area contributed by atoms with E-state index in [1.165, 1.54) is 0 Å². The van der Waals surface area contributed by atoms with Gasteiger partial charge in [0, 0.05) is 12.6 Å². The van der Waals surface area contributed by atoms with Gasteiger partial charge in [-0.05, 0) is 44.7 Å². The molecule has 3 atom stereocenters. The summed E-state index contributed by atoms with van der Waals surface area (Å²) in [5.41, 5.74) is -0.370. The highest BCUT2D eigenvalue weighted by Gasteiger charge is 2.59. The summed E-state index contributed by atoms with van der Waals surface area (Å²) in [6.45, 7) is 16.5. The predicted octanol–water partition coefficient (Wildman–Crippen LogP) is 2.63. The molecule has 122 valence electrons. The minimum atomic E-state index is -1.06. The highest BCUT2D eigenvalue weighted by Crippen LogP contribution is 2.47. The summed E-state index contributed by atoms with van der Waals surface area (Å²) in [4.78, 5) is 14.7. The molecular weight excluding hydrogens is 282 g/mol. The zero-order chi connectivity index (χ0) is 16.0. The zero-order valence-corrected chi connectivity index (χ0v) is 15.8. The van der Waals surface area contributed by atoms with E-state index in [1.54, 1.807) is 0 Å². The highest BCUT2D eigenvalue weighted by molar-refractivity contribution is 6.48. The number of β-lactam (4-membered cyclic amide) rings is 1. The Hall–Kier alpha value is -0.393. The van der Waals surface area contributed by atoms with E-state index in [0.29, 0.717) is 6.04 Å². The Kier molecular flexibility index (Phi) is 4.58. The molecule has 2 heterocycles. The van der Waals surface area contributed by atoms with E-state index in [-0.39, 0.29) is 23.2 Å².